The van der Waals surface area contributed by atoms with Crippen LogP contribution in [0.25, 0.3) is 0 Å². The van der Waals surface area contributed by atoms with Gasteiger partial charge in [-0.25, -0.2) is 4.39 Å². The zero-order valence-electron chi connectivity index (χ0n) is 16.5. The number of hydrogen-bond donors (Lipinski definition) is 2. The van der Waals surface area contributed by atoms with E-state index in [0.29, 0.717) is 43.4 Å². The fourth-order valence-corrected chi connectivity index (χ4v) is 7.12. The van der Waals surface area contributed by atoms with E-state index in [9.17, 15) is 14.3 Å². The number of oxime groups is 1. The Bertz CT molecular complexity index is 641. The first-order chi connectivity index (χ1) is 12.8. The van der Waals surface area contributed by atoms with Crippen LogP contribution in [0, 0.1) is 34.5 Å². The summed E-state index contributed by atoms with van der Waals surface area (Å²) in [5, 5.41) is 14.5. The molecule has 6 heteroatoms. The number of rotatable bonds is 3. The lowest BCUT2D eigenvalue weighted by molar-refractivity contribution is -0.154. The Morgan fingerprint density at radius 2 is 1.96 bits per heavy atom. The Morgan fingerprint density at radius 3 is 2.70 bits per heavy atom. The van der Waals surface area contributed by atoms with Crippen LogP contribution in [0.5, 0.6) is 0 Å². The lowest BCUT2D eigenvalue weighted by atomic mass is 9.44. The van der Waals surface area contributed by atoms with E-state index in [1.54, 1.807) is 0 Å². The molecule has 0 bridgehead atoms. The molecular weight excluding hydrogens is 347 g/mol. The van der Waals surface area contributed by atoms with Crippen molar-refractivity contribution in [3.63, 3.8) is 0 Å². The van der Waals surface area contributed by atoms with E-state index in [4.69, 9.17) is 10.6 Å². The van der Waals surface area contributed by atoms with Crippen LogP contribution in [-0.2, 0) is 9.63 Å². The Hall–Kier alpha value is -1.01. The molecule has 0 aromatic rings. The Kier molecular flexibility index (Phi) is 4.86. The third kappa shape index (κ3) is 2.86. The SMILES string of the molecule is C[C@]12CC[C@H]3[C@@H](CC(=O)C4C/C(=N\OCCN)[C@H](F)C[C@@]43C)[C@@H]1CC[C@@H]2O. The van der Waals surface area contributed by atoms with Gasteiger partial charge in [-0.3, -0.25) is 4.79 Å². The van der Waals surface area contributed by atoms with Crippen molar-refractivity contribution in [2.24, 2.45) is 45.4 Å². The summed E-state index contributed by atoms with van der Waals surface area (Å²) in [5.41, 5.74) is 5.38. The molecule has 4 aliphatic rings. The lowest BCUT2D eigenvalue weighted by Gasteiger charge is -2.59. The molecule has 152 valence electrons. The van der Waals surface area contributed by atoms with Crippen LogP contribution >= 0.6 is 0 Å². The highest BCUT2D eigenvalue weighted by Crippen LogP contribution is 2.65. The molecule has 0 saturated heterocycles. The lowest BCUT2D eigenvalue weighted by Crippen LogP contribution is -2.58. The largest absolute Gasteiger partial charge is 0.394 e. The summed E-state index contributed by atoms with van der Waals surface area (Å²) in [6, 6.07) is 0. The molecule has 1 unspecified atom stereocenters. The van der Waals surface area contributed by atoms with E-state index in [1.807, 2.05) is 0 Å². The first kappa shape index (κ1) is 19.3. The van der Waals surface area contributed by atoms with Gasteiger partial charge in [0.2, 0.25) is 0 Å². The van der Waals surface area contributed by atoms with Crippen LogP contribution in [0.2, 0.25) is 0 Å². The number of hydrogen-bond acceptors (Lipinski definition) is 5. The average molecular weight is 381 g/mol. The smallest absolute Gasteiger partial charge is 0.142 e. The number of halogens is 1. The highest BCUT2D eigenvalue weighted by atomic mass is 19.1. The quantitative estimate of drug-likeness (QED) is 0.582. The van der Waals surface area contributed by atoms with Crippen LogP contribution in [0.1, 0.15) is 58.8 Å². The topological polar surface area (TPSA) is 84.9 Å². The molecule has 0 aliphatic heterocycles. The number of nitrogens with zero attached hydrogens (tertiary/aromatic N) is 1. The molecule has 0 spiro atoms. The minimum Gasteiger partial charge on any atom is -0.394 e. The normalized spacial score (nSPS) is 50.9. The molecule has 3 N–H and O–H groups in total. The summed E-state index contributed by atoms with van der Waals surface area (Å²) in [6.07, 6.45) is 3.67. The van der Waals surface area contributed by atoms with Crippen LogP contribution in [0.4, 0.5) is 4.39 Å². The molecule has 27 heavy (non-hydrogen) atoms. The number of alkyl halides is 1. The standard InChI is InChI=1S/C21H33FN2O3/c1-20-6-5-14-12(13(20)3-4-19(20)26)9-18(25)15-10-17(24-27-8-7-23)16(22)11-21(14,15)2/h12-16,19,26H,3-11,23H2,1-2H3/b24-17+/t12-,13-,14-,15?,16+,19-,20-,21+/m0/s1. The van der Waals surface area contributed by atoms with Gasteiger partial charge < -0.3 is 15.7 Å². The van der Waals surface area contributed by atoms with E-state index in [2.05, 4.69) is 19.0 Å². The molecule has 4 aliphatic carbocycles. The minimum absolute atomic E-state index is 0.0723. The molecule has 0 radical (unpaired) electrons. The number of aliphatic hydroxyl groups is 1. The first-order valence-corrected chi connectivity index (χ1v) is 10.5. The summed E-state index contributed by atoms with van der Waals surface area (Å²) >= 11 is 0. The van der Waals surface area contributed by atoms with Gasteiger partial charge in [0.25, 0.3) is 0 Å². The summed E-state index contributed by atoms with van der Waals surface area (Å²) in [6.45, 7) is 4.93. The third-order valence-corrected chi connectivity index (χ3v) is 8.64. The van der Waals surface area contributed by atoms with Crippen molar-refractivity contribution in [2.45, 2.75) is 71.1 Å². The zero-order valence-corrected chi connectivity index (χ0v) is 16.5. The number of carbonyl (C=O) groups is 1. The van der Waals surface area contributed by atoms with Crippen molar-refractivity contribution >= 4 is 11.5 Å². The molecule has 0 amide bonds. The fourth-order valence-electron chi connectivity index (χ4n) is 7.12. The fraction of sp³-hybridized carbons (Fsp3) is 0.905. The van der Waals surface area contributed by atoms with E-state index in [1.165, 1.54) is 0 Å². The van der Waals surface area contributed by atoms with Crippen molar-refractivity contribution in [3.05, 3.63) is 0 Å². The maximum Gasteiger partial charge on any atom is 0.142 e. The predicted octanol–water partition coefficient (Wildman–Crippen LogP) is 2.85. The number of ketones is 1. The second kappa shape index (κ2) is 6.80. The highest BCUT2D eigenvalue weighted by molar-refractivity contribution is 5.95. The molecule has 0 aromatic heterocycles. The van der Waals surface area contributed by atoms with Gasteiger partial charge in [-0.15, -0.1) is 0 Å². The van der Waals surface area contributed by atoms with Crippen molar-refractivity contribution in [3.8, 4) is 0 Å². The third-order valence-electron chi connectivity index (χ3n) is 8.64. The van der Waals surface area contributed by atoms with Crippen molar-refractivity contribution in [2.75, 3.05) is 13.2 Å². The predicted molar refractivity (Wildman–Crippen MR) is 101 cm³/mol. The zero-order chi connectivity index (χ0) is 19.4. The van der Waals surface area contributed by atoms with Crippen LogP contribution in [-0.4, -0.2) is 42.0 Å². The summed E-state index contributed by atoms with van der Waals surface area (Å²) in [7, 11) is 0. The summed E-state index contributed by atoms with van der Waals surface area (Å²) in [5.74, 6) is 1.11. The number of carbonyl (C=O) groups excluding carboxylic acids is 1. The molecule has 4 rings (SSSR count). The average Bonchev–Trinajstić information content (AvgIpc) is 2.92. The molecular formula is C21H33FN2O3. The van der Waals surface area contributed by atoms with Gasteiger partial charge in [-0.1, -0.05) is 19.0 Å². The molecule has 0 aromatic carbocycles. The van der Waals surface area contributed by atoms with Gasteiger partial charge >= 0.3 is 0 Å². The maximum absolute atomic E-state index is 15.0. The van der Waals surface area contributed by atoms with Gasteiger partial charge in [0, 0.05) is 25.3 Å². The number of fused-ring (bicyclic) bond motifs is 5. The van der Waals surface area contributed by atoms with Gasteiger partial charge in [0.05, 0.1) is 11.8 Å². The van der Waals surface area contributed by atoms with E-state index in [-0.39, 0.29) is 41.2 Å². The molecule has 5 nitrogen and oxygen atoms in total. The maximum atomic E-state index is 15.0. The molecule has 8 atom stereocenters. The number of Topliss-reactive ketones (excluding diaryl/α,β-unsaturated/α-hetero) is 1. The van der Waals surface area contributed by atoms with Crippen LogP contribution in [0.15, 0.2) is 5.16 Å². The monoisotopic (exact) mass is 380 g/mol. The second-order valence-corrected chi connectivity index (χ2v) is 9.82. The molecule has 4 fully saturated rings. The van der Waals surface area contributed by atoms with E-state index in [0.717, 1.165) is 25.7 Å². The summed E-state index contributed by atoms with van der Waals surface area (Å²) < 4.78 is 15.0. The van der Waals surface area contributed by atoms with Crippen molar-refractivity contribution in [1.29, 1.82) is 0 Å². The number of aliphatic hydroxyl groups excluding tert-OH is 1. The molecule has 0 heterocycles. The van der Waals surface area contributed by atoms with E-state index < -0.39 is 6.17 Å². The van der Waals surface area contributed by atoms with E-state index >= 15 is 0 Å². The summed E-state index contributed by atoms with van der Waals surface area (Å²) in [4.78, 5) is 18.3. The minimum atomic E-state index is -1.15. The number of nitrogens with two attached hydrogens (primary N) is 1. The van der Waals surface area contributed by atoms with Gasteiger partial charge in [0.15, 0.2) is 0 Å². The van der Waals surface area contributed by atoms with Crippen LogP contribution in [0.3, 0.4) is 0 Å². The van der Waals surface area contributed by atoms with Gasteiger partial charge in [-0.2, -0.15) is 0 Å². The Morgan fingerprint density at radius 1 is 1.22 bits per heavy atom. The van der Waals surface area contributed by atoms with Crippen molar-refractivity contribution < 1.29 is 19.1 Å². The second-order valence-electron chi connectivity index (χ2n) is 9.82. The van der Waals surface area contributed by atoms with Crippen LogP contribution < -0.4 is 5.73 Å². The molecule has 4 saturated carbocycles. The first-order valence-electron chi connectivity index (χ1n) is 10.5. The van der Waals surface area contributed by atoms with Gasteiger partial charge in [0.1, 0.15) is 18.6 Å². The highest BCUT2D eigenvalue weighted by Gasteiger charge is 2.63. The van der Waals surface area contributed by atoms with Crippen molar-refractivity contribution in [1.82, 2.24) is 0 Å². The van der Waals surface area contributed by atoms with Gasteiger partial charge in [-0.05, 0) is 60.7 Å². The Balaban J connectivity index is 1.60. The Labute approximate surface area is 160 Å².